The molecule has 84 valence electrons. The van der Waals surface area contributed by atoms with Crippen molar-refractivity contribution >= 4 is 5.97 Å². The first-order valence-corrected chi connectivity index (χ1v) is 4.88. The van der Waals surface area contributed by atoms with Crippen LogP contribution < -0.4 is 0 Å². The highest BCUT2D eigenvalue weighted by Crippen LogP contribution is 2.42. The third-order valence-electron chi connectivity index (χ3n) is 2.83. The van der Waals surface area contributed by atoms with E-state index in [1.807, 2.05) is 0 Å². The quantitative estimate of drug-likeness (QED) is 0.532. The van der Waals surface area contributed by atoms with Gasteiger partial charge in [-0.05, 0) is 13.8 Å². The first-order chi connectivity index (χ1) is 6.98. The van der Waals surface area contributed by atoms with Gasteiger partial charge in [0.15, 0.2) is 30.4 Å². The van der Waals surface area contributed by atoms with Crippen LogP contribution in [0, 0.1) is 0 Å². The van der Waals surface area contributed by atoms with Crippen molar-refractivity contribution in [1.82, 2.24) is 0 Å². The minimum absolute atomic E-state index is 0.439. The Labute approximate surface area is 86.1 Å². The van der Waals surface area contributed by atoms with Crippen molar-refractivity contribution in [3.05, 3.63) is 0 Å². The van der Waals surface area contributed by atoms with E-state index in [0.29, 0.717) is 0 Å². The van der Waals surface area contributed by atoms with Gasteiger partial charge in [0, 0.05) is 0 Å². The molecular formula is C9H12O6. The van der Waals surface area contributed by atoms with Crippen LogP contribution >= 0.6 is 0 Å². The number of aliphatic hydroxyl groups excluding tert-OH is 1. The largest absolute Gasteiger partial charge is 0.454 e. The number of hydrogen-bond acceptors (Lipinski definition) is 6. The number of rotatable bonds is 0. The van der Waals surface area contributed by atoms with E-state index in [0.717, 1.165) is 0 Å². The number of esters is 1. The molecule has 3 rings (SSSR count). The van der Waals surface area contributed by atoms with Gasteiger partial charge in [0.1, 0.15) is 6.10 Å². The maximum absolute atomic E-state index is 11.1. The number of carbonyl (C=O) groups excluding carboxylic acids is 1. The van der Waals surface area contributed by atoms with Crippen molar-refractivity contribution in [3.63, 3.8) is 0 Å². The van der Waals surface area contributed by atoms with E-state index in [9.17, 15) is 9.90 Å². The molecule has 0 aromatic carbocycles. The molecule has 0 unspecified atom stereocenters. The Hall–Kier alpha value is -0.690. The summed E-state index contributed by atoms with van der Waals surface area (Å²) >= 11 is 0. The molecule has 0 bridgehead atoms. The number of aliphatic hydroxyl groups is 1. The lowest BCUT2D eigenvalue weighted by Gasteiger charge is -2.20. The van der Waals surface area contributed by atoms with Crippen molar-refractivity contribution in [2.75, 3.05) is 0 Å². The molecule has 3 aliphatic rings. The monoisotopic (exact) mass is 216 g/mol. The fourth-order valence-electron chi connectivity index (χ4n) is 2.23. The van der Waals surface area contributed by atoms with Gasteiger partial charge in [0.25, 0.3) is 0 Å². The van der Waals surface area contributed by atoms with Crippen LogP contribution in [0.1, 0.15) is 13.8 Å². The molecule has 0 aromatic rings. The minimum atomic E-state index is -1.23. The lowest BCUT2D eigenvalue weighted by Crippen LogP contribution is -2.35. The Balaban J connectivity index is 1.83. The molecule has 0 aromatic heterocycles. The first kappa shape index (κ1) is 9.53. The van der Waals surface area contributed by atoms with Crippen LogP contribution in [0.4, 0.5) is 0 Å². The predicted octanol–water partition coefficient (Wildman–Crippen LogP) is -0.851. The summed E-state index contributed by atoms with van der Waals surface area (Å²) in [7, 11) is 0. The van der Waals surface area contributed by atoms with Crippen LogP contribution in [0.2, 0.25) is 0 Å². The zero-order valence-corrected chi connectivity index (χ0v) is 8.38. The summed E-state index contributed by atoms with van der Waals surface area (Å²) < 4.78 is 21.4. The topological polar surface area (TPSA) is 74.2 Å². The van der Waals surface area contributed by atoms with Gasteiger partial charge in [-0.25, -0.2) is 4.79 Å². The summed E-state index contributed by atoms with van der Waals surface area (Å²) in [6.45, 7) is 3.52. The van der Waals surface area contributed by atoms with E-state index in [1.54, 1.807) is 13.8 Å². The van der Waals surface area contributed by atoms with Crippen molar-refractivity contribution in [2.45, 2.75) is 50.3 Å². The SMILES string of the molecule is CC1(C)O[C@H]2O[C@H]3[C@@H](OC(=O)[C@H]3O)[C@H]2O1. The molecule has 0 spiro atoms. The number of fused-ring (bicyclic) bond motifs is 3. The van der Waals surface area contributed by atoms with Gasteiger partial charge < -0.3 is 24.1 Å². The Morgan fingerprint density at radius 1 is 1.20 bits per heavy atom. The molecule has 0 aliphatic carbocycles. The van der Waals surface area contributed by atoms with Gasteiger partial charge in [-0.2, -0.15) is 0 Å². The highest BCUT2D eigenvalue weighted by molar-refractivity contribution is 5.78. The number of hydrogen-bond donors (Lipinski definition) is 1. The third kappa shape index (κ3) is 1.22. The molecule has 0 radical (unpaired) electrons. The summed E-state index contributed by atoms with van der Waals surface area (Å²) in [5.41, 5.74) is 0. The predicted molar refractivity (Wildman–Crippen MR) is 44.6 cm³/mol. The summed E-state index contributed by atoms with van der Waals surface area (Å²) in [5, 5.41) is 9.44. The molecular weight excluding hydrogens is 204 g/mol. The standard InChI is InChI=1S/C9H12O6/c1-9(2)14-6-5-4(13-8(6)15-9)3(10)7(11)12-5/h3-6,8,10H,1-2H3/t3-,4+,5+,6+,8+/m0/s1. The van der Waals surface area contributed by atoms with Gasteiger partial charge in [-0.3, -0.25) is 0 Å². The van der Waals surface area contributed by atoms with E-state index in [-0.39, 0.29) is 0 Å². The van der Waals surface area contributed by atoms with E-state index >= 15 is 0 Å². The van der Waals surface area contributed by atoms with Crippen molar-refractivity contribution < 1.29 is 28.8 Å². The second kappa shape index (κ2) is 2.70. The lowest BCUT2D eigenvalue weighted by atomic mass is 10.1. The van der Waals surface area contributed by atoms with E-state index in [2.05, 4.69) is 0 Å². The van der Waals surface area contributed by atoms with E-state index < -0.39 is 42.5 Å². The van der Waals surface area contributed by atoms with Gasteiger partial charge in [0.2, 0.25) is 0 Å². The molecule has 6 nitrogen and oxygen atoms in total. The van der Waals surface area contributed by atoms with Gasteiger partial charge in [-0.15, -0.1) is 0 Å². The average molecular weight is 216 g/mol. The Morgan fingerprint density at radius 2 is 1.93 bits per heavy atom. The van der Waals surface area contributed by atoms with Gasteiger partial charge in [-0.1, -0.05) is 0 Å². The molecule has 0 saturated carbocycles. The Morgan fingerprint density at radius 3 is 2.67 bits per heavy atom. The van der Waals surface area contributed by atoms with Gasteiger partial charge in [0.05, 0.1) is 0 Å². The van der Waals surface area contributed by atoms with Crippen LogP contribution in [0.25, 0.3) is 0 Å². The Kier molecular flexibility index (Phi) is 1.72. The highest BCUT2D eigenvalue weighted by atomic mass is 16.8. The lowest BCUT2D eigenvalue weighted by molar-refractivity contribution is -0.214. The molecule has 3 aliphatic heterocycles. The van der Waals surface area contributed by atoms with E-state index in [1.165, 1.54) is 0 Å². The molecule has 3 saturated heterocycles. The molecule has 3 heterocycles. The summed E-state index contributed by atoms with van der Waals surface area (Å²) in [4.78, 5) is 11.1. The second-order valence-corrected chi connectivity index (χ2v) is 4.42. The van der Waals surface area contributed by atoms with Crippen molar-refractivity contribution in [3.8, 4) is 0 Å². The summed E-state index contributed by atoms with van der Waals surface area (Å²) in [6.07, 6.45) is -3.44. The van der Waals surface area contributed by atoms with Crippen molar-refractivity contribution in [1.29, 1.82) is 0 Å². The summed E-state index contributed by atoms with van der Waals surface area (Å²) in [5.74, 6) is -1.39. The first-order valence-electron chi connectivity index (χ1n) is 4.88. The zero-order chi connectivity index (χ0) is 10.8. The fraction of sp³-hybridized carbons (Fsp3) is 0.889. The van der Waals surface area contributed by atoms with Crippen LogP contribution in [0.15, 0.2) is 0 Å². The van der Waals surface area contributed by atoms with Crippen LogP contribution in [-0.4, -0.2) is 47.6 Å². The van der Waals surface area contributed by atoms with Crippen LogP contribution in [-0.2, 0) is 23.7 Å². The molecule has 1 N–H and O–H groups in total. The van der Waals surface area contributed by atoms with Crippen LogP contribution in [0.5, 0.6) is 0 Å². The Bertz CT molecular complexity index is 314. The molecule has 3 fully saturated rings. The minimum Gasteiger partial charge on any atom is -0.454 e. The van der Waals surface area contributed by atoms with Gasteiger partial charge >= 0.3 is 5.97 Å². The maximum atomic E-state index is 11.1. The number of carbonyl (C=O) groups is 1. The zero-order valence-electron chi connectivity index (χ0n) is 8.38. The normalized spacial score (nSPS) is 51.4. The summed E-state index contributed by atoms with van der Waals surface area (Å²) in [6, 6.07) is 0. The van der Waals surface area contributed by atoms with E-state index in [4.69, 9.17) is 18.9 Å². The molecule has 0 amide bonds. The molecule has 5 atom stereocenters. The maximum Gasteiger partial charge on any atom is 0.338 e. The molecule has 15 heavy (non-hydrogen) atoms. The van der Waals surface area contributed by atoms with Crippen molar-refractivity contribution in [2.24, 2.45) is 0 Å². The smallest absolute Gasteiger partial charge is 0.338 e. The highest BCUT2D eigenvalue weighted by Gasteiger charge is 2.62. The average Bonchev–Trinajstić information content (AvgIpc) is 2.66. The third-order valence-corrected chi connectivity index (χ3v) is 2.83. The molecule has 6 heteroatoms. The fourth-order valence-corrected chi connectivity index (χ4v) is 2.23. The van der Waals surface area contributed by atoms with Crippen LogP contribution in [0.3, 0.4) is 0 Å². The number of ether oxygens (including phenoxy) is 4. The second-order valence-electron chi connectivity index (χ2n) is 4.42.